The van der Waals surface area contributed by atoms with Crippen LogP contribution in [0.5, 0.6) is 0 Å². The van der Waals surface area contributed by atoms with Crippen molar-refractivity contribution in [1.29, 1.82) is 0 Å². The number of carboxylic acid groups (broad SMARTS) is 1. The van der Waals surface area contributed by atoms with Crippen molar-refractivity contribution in [3.05, 3.63) is 59.9 Å². The SMILES string of the molecule is C=CC=C(C)OC(=O)c1ccc(C(=O)O)cc1. The van der Waals surface area contributed by atoms with Crippen LogP contribution < -0.4 is 0 Å². The van der Waals surface area contributed by atoms with Gasteiger partial charge in [-0.2, -0.15) is 0 Å². The van der Waals surface area contributed by atoms with E-state index in [-0.39, 0.29) is 5.56 Å². The molecule has 0 atom stereocenters. The molecule has 0 unspecified atom stereocenters. The summed E-state index contributed by atoms with van der Waals surface area (Å²) in [7, 11) is 0. The lowest BCUT2D eigenvalue weighted by Crippen LogP contribution is -2.04. The minimum atomic E-state index is -1.03. The molecule has 0 aliphatic carbocycles. The van der Waals surface area contributed by atoms with Gasteiger partial charge in [-0.25, -0.2) is 9.59 Å². The Morgan fingerprint density at radius 1 is 1.24 bits per heavy atom. The number of hydrogen-bond acceptors (Lipinski definition) is 3. The number of carbonyl (C=O) groups excluding carboxylic acids is 1. The van der Waals surface area contributed by atoms with Crippen LogP contribution in [-0.2, 0) is 4.74 Å². The molecule has 17 heavy (non-hydrogen) atoms. The zero-order chi connectivity index (χ0) is 12.8. The summed E-state index contributed by atoms with van der Waals surface area (Å²) in [6.45, 7) is 5.11. The van der Waals surface area contributed by atoms with Crippen molar-refractivity contribution in [2.75, 3.05) is 0 Å². The minimum Gasteiger partial charge on any atom is -0.478 e. The summed E-state index contributed by atoms with van der Waals surface area (Å²) in [5.74, 6) is -1.14. The first-order valence-electron chi connectivity index (χ1n) is 4.89. The number of carboxylic acids is 1. The second kappa shape index (κ2) is 5.65. The summed E-state index contributed by atoms with van der Waals surface area (Å²) >= 11 is 0. The molecule has 0 radical (unpaired) electrons. The summed E-state index contributed by atoms with van der Waals surface area (Å²) in [5.41, 5.74) is 0.423. The van der Waals surface area contributed by atoms with Crippen LogP contribution in [0.25, 0.3) is 0 Å². The number of rotatable bonds is 4. The first kappa shape index (κ1) is 12.7. The van der Waals surface area contributed by atoms with Crippen LogP contribution in [0.3, 0.4) is 0 Å². The van der Waals surface area contributed by atoms with Crippen LogP contribution in [0.2, 0.25) is 0 Å². The smallest absolute Gasteiger partial charge is 0.343 e. The lowest BCUT2D eigenvalue weighted by molar-refractivity contribution is 0.0623. The molecule has 1 aromatic carbocycles. The van der Waals surface area contributed by atoms with Crippen LogP contribution >= 0.6 is 0 Å². The molecule has 88 valence electrons. The highest BCUT2D eigenvalue weighted by Crippen LogP contribution is 2.08. The fraction of sp³-hybridized carbons (Fsp3) is 0.0769. The largest absolute Gasteiger partial charge is 0.478 e. The Morgan fingerprint density at radius 2 is 1.76 bits per heavy atom. The standard InChI is InChI=1S/C13H12O4/c1-3-4-9(2)17-13(16)11-7-5-10(6-8-11)12(14)15/h3-8H,1H2,2H3,(H,14,15). The number of allylic oxidation sites excluding steroid dienone is 3. The number of hydrogen-bond donors (Lipinski definition) is 1. The van der Waals surface area contributed by atoms with Gasteiger partial charge < -0.3 is 9.84 Å². The fourth-order valence-corrected chi connectivity index (χ4v) is 1.15. The molecule has 0 bridgehead atoms. The quantitative estimate of drug-likeness (QED) is 0.492. The Balaban J connectivity index is 2.80. The van der Waals surface area contributed by atoms with E-state index in [2.05, 4.69) is 6.58 Å². The zero-order valence-corrected chi connectivity index (χ0v) is 9.34. The lowest BCUT2D eigenvalue weighted by Gasteiger charge is -2.03. The molecule has 0 fully saturated rings. The van der Waals surface area contributed by atoms with Gasteiger partial charge in [-0.15, -0.1) is 0 Å². The molecule has 0 spiro atoms. The maximum Gasteiger partial charge on any atom is 0.343 e. The van der Waals surface area contributed by atoms with Crippen molar-refractivity contribution < 1.29 is 19.4 Å². The molecule has 4 heteroatoms. The highest BCUT2D eigenvalue weighted by atomic mass is 16.5. The van der Waals surface area contributed by atoms with Crippen molar-refractivity contribution in [1.82, 2.24) is 0 Å². The molecule has 1 N–H and O–H groups in total. The van der Waals surface area contributed by atoms with Crippen molar-refractivity contribution in [2.45, 2.75) is 6.92 Å². The van der Waals surface area contributed by atoms with Crippen molar-refractivity contribution in [3.8, 4) is 0 Å². The van der Waals surface area contributed by atoms with Gasteiger partial charge in [-0.05, 0) is 37.3 Å². The van der Waals surface area contributed by atoms with Crippen molar-refractivity contribution >= 4 is 11.9 Å². The van der Waals surface area contributed by atoms with Gasteiger partial charge in [0.15, 0.2) is 0 Å². The normalized spacial score (nSPS) is 10.8. The molecule has 4 nitrogen and oxygen atoms in total. The van der Waals surface area contributed by atoms with Gasteiger partial charge in [-0.3, -0.25) is 0 Å². The minimum absolute atomic E-state index is 0.125. The van der Waals surface area contributed by atoms with Gasteiger partial charge in [0.2, 0.25) is 0 Å². The summed E-state index contributed by atoms with van der Waals surface area (Å²) < 4.78 is 4.98. The van der Waals surface area contributed by atoms with Gasteiger partial charge in [0, 0.05) is 0 Å². The zero-order valence-electron chi connectivity index (χ0n) is 9.34. The molecule has 0 aromatic heterocycles. The van der Waals surface area contributed by atoms with Crippen LogP contribution in [0.15, 0.2) is 48.8 Å². The molecule has 0 amide bonds. The maximum atomic E-state index is 11.6. The highest BCUT2D eigenvalue weighted by molar-refractivity contribution is 5.92. The number of esters is 1. The third-order valence-corrected chi connectivity index (χ3v) is 1.97. The Bertz CT molecular complexity index is 469. The molecular formula is C13H12O4. The van der Waals surface area contributed by atoms with E-state index in [0.717, 1.165) is 0 Å². The Morgan fingerprint density at radius 3 is 2.24 bits per heavy atom. The number of carbonyl (C=O) groups is 2. The van der Waals surface area contributed by atoms with E-state index in [9.17, 15) is 9.59 Å². The molecule has 0 saturated heterocycles. The van der Waals surface area contributed by atoms with Gasteiger partial charge in [-0.1, -0.05) is 12.7 Å². The van der Waals surface area contributed by atoms with Gasteiger partial charge in [0.25, 0.3) is 0 Å². The summed E-state index contributed by atoms with van der Waals surface area (Å²) in [6.07, 6.45) is 3.07. The highest BCUT2D eigenvalue weighted by Gasteiger charge is 2.09. The first-order valence-corrected chi connectivity index (χ1v) is 4.89. The molecule has 0 aliphatic heterocycles. The maximum absolute atomic E-state index is 11.6. The average molecular weight is 232 g/mol. The Labute approximate surface area is 98.8 Å². The number of aromatic carboxylic acids is 1. The van der Waals surface area contributed by atoms with E-state index in [0.29, 0.717) is 11.3 Å². The van der Waals surface area contributed by atoms with E-state index in [1.165, 1.54) is 30.3 Å². The lowest BCUT2D eigenvalue weighted by atomic mass is 10.1. The van der Waals surface area contributed by atoms with E-state index in [1.807, 2.05) is 0 Å². The molecule has 0 saturated carbocycles. The van der Waals surface area contributed by atoms with E-state index in [1.54, 1.807) is 13.0 Å². The summed E-state index contributed by atoms with van der Waals surface area (Å²) in [6, 6.07) is 5.52. The molecular weight excluding hydrogens is 220 g/mol. The Hall–Kier alpha value is -2.36. The van der Waals surface area contributed by atoms with Gasteiger partial charge in [0.1, 0.15) is 5.76 Å². The molecule has 1 rings (SSSR count). The third kappa shape index (κ3) is 3.61. The van der Waals surface area contributed by atoms with Crippen LogP contribution in [-0.4, -0.2) is 17.0 Å². The van der Waals surface area contributed by atoms with Crippen LogP contribution in [0, 0.1) is 0 Å². The topological polar surface area (TPSA) is 63.6 Å². The first-order chi connectivity index (χ1) is 8.04. The number of benzene rings is 1. The van der Waals surface area contributed by atoms with Gasteiger partial charge in [0.05, 0.1) is 11.1 Å². The Kier molecular flexibility index (Phi) is 4.22. The van der Waals surface area contributed by atoms with Gasteiger partial charge >= 0.3 is 11.9 Å². The van der Waals surface area contributed by atoms with E-state index in [4.69, 9.17) is 9.84 Å². The number of ether oxygens (including phenoxy) is 1. The predicted octanol–water partition coefficient (Wildman–Crippen LogP) is 2.63. The van der Waals surface area contributed by atoms with Crippen LogP contribution in [0.1, 0.15) is 27.6 Å². The monoisotopic (exact) mass is 232 g/mol. The second-order valence-electron chi connectivity index (χ2n) is 3.29. The van der Waals surface area contributed by atoms with E-state index >= 15 is 0 Å². The predicted molar refractivity (Wildman–Crippen MR) is 62.8 cm³/mol. The average Bonchev–Trinajstić information content (AvgIpc) is 2.29. The van der Waals surface area contributed by atoms with E-state index < -0.39 is 11.9 Å². The molecule has 1 aromatic rings. The molecule has 0 aliphatic rings. The fourth-order valence-electron chi connectivity index (χ4n) is 1.15. The van der Waals surface area contributed by atoms with Crippen LogP contribution in [0.4, 0.5) is 0 Å². The summed E-state index contributed by atoms with van der Waals surface area (Å²) in [4.78, 5) is 22.2. The third-order valence-electron chi connectivity index (χ3n) is 1.97. The molecule has 0 heterocycles. The van der Waals surface area contributed by atoms with Crippen molar-refractivity contribution in [3.63, 3.8) is 0 Å². The second-order valence-corrected chi connectivity index (χ2v) is 3.29. The summed E-state index contributed by atoms with van der Waals surface area (Å²) in [5, 5.41) is 8.69. The van der Waals surface area contributed by atoms with Crippen molar-refractivity contribution in [2.24, 2.45) is 0 Å².